The average molecular weight is 233 g/mol. The minimum absolute atomic E-state index is 0.0885. The fourth-order valence-corrected chi connectivity index (χ4v) is 1.76. The van der Waals surface area contributed by atoms with Gasteiger partial charge in [0.25, 0.3) is 0 Å². The van der Waals surface area contributed by atoms with Crippen LogP contribution >= 0.6 is 0 Å². The first-order chi connectivity index (χ1) is 8.04. The van der Waals surface area contributed by atoms with Crippen molar-refractivity contribution in [1.29, 1.82) is 0 Å². The monoisotopic (exact) mass is 233 g/mol. The van der Waals surface area contributed by atoms with Crippen molar-refractivity contribution in [2.75, 3.05) is 12.8 Å². The minimum Gasteiger partial charge on any atom is -0.504 e. The zero-order valence-corrected chi connectivity index (χ0v) is 10.1. The normalized spacial score (nSPS) is 10.5. The second-order valence-corrected chi connectivity index (χ2v) is 3.89. The number of aryl methyl sites for hydroxylation is 2. The minimum atomic E-state index is 0.0885. The van der Waals surface area contributed by atoms with Gasteiger partial charge in [0.1, 0.15) is 5.82 Å². The van der Waals surface area contributed by atoms with Gasteiger partial charge >= 0.3 is 0 Å². The molecule has 0 saturated carbocycles. The van der Waals surface area contributed by atoms with Crippen molar-refractivity contribution in [3.63, 3.8) is 0 Å². The first-order valence-corrected chi connectivity index (χ1v) is 5.21. The van der Waals surface area contributed by atoms with Gasteiger partial charge in [-0.1, -0.05) is 6.07 Å². The summed E-state index contributed by atoms with van der Waals surface area (Å²) < 4.78 is 6.65. The summed E-state index contributed by atoms with van der Waals surface area (Å²) in [6.07, 6.45) is 0. The molecule has 0 saturated heterocycles. The van der Waals surface area contributed by atoms with Gasteiger partial charge in [-0.2, -0.15) is 5.10 Å². The van der Waals surface area contributed by atoms with E-state index in [1.54, 1.807) is 23.9 Å². The predicted octanol–water partition coefficient (Wildman–Crippen LogP) is 1.69. The number of rotatable bonds is 2. The van der Waals surface area contributed by atoms with Crippen LogP contribution in [-0.2, 0) is 7.05 Å². The SMILES string of the molecule is COc1ccc(C)c(-c2cc(N)n(C)n2)c1O. The zero-order chi connectivity index (χ0) is 12.6. The maximum atomic E-state index is 10.1. The summed E-state index contributed by atoms with van der Waals surface area (Å²) in [5.41, 5.74) is 7.94. The first-order valence-electron chi connectivity index (χ1n) is 5.21. The van der Waals surface area contributed by atoms with E-state index in [0.29, 0.717) is 22.8 Å². The van der Waals surface area contributed by atoms with Crippen molar-refractivity contribution in [2.24, 2.45) is 7.05 Å². The Kier molecular flexibility index (Phi) is 2.67. The van der Waals surface area contributed by atoms with Gasteiger partial charge in [0.05, 0.1) is 18.4 Å². The third-order valence-electron chi connectivity index (χ3n) is 2.74. The molecule has 3 N–H and O–H groups in total. The summed E-state index contributed by atoms with van der Waals surface area (Å²) in [7, 11) is 3.27. The molecular formula is C12H15N3O2. The molecule has 1 aromatic heterocycles. The van der Waals surface area contributed by atoms with Gasteiger partial charge in [0.15, 0.2) is 11.5 Å². The fourth-order valence-electron chi connectivity index (χ4n) is 1.76. The number of nitrogen functional groups attached to an aromatic ring is 1. The highest BCUT2D eigenvalue weighted by molar-refractivity contribution is 5.75. The molecule has 0 aliphatic heterocycles. The van der Waals surface area contributed by atoms with Crippen LogP contribution in [-0.4, -0.2) is 22.0 Å². The van der Waals surface area contributed by atoms with Crippen molar-refractivity contribution in [1.82, 2.24) is 9.78 Å². The van der Waals surface area contributed by atoms with Crippen molar-refractivity contribution in [3.8, 4) is 22.8 Å². The van der Waals surface area contributed by atoms with E-state index in [2.05, 4.69) is 5.10 Å². The fraction of sp³-hybridized carbons (Fsp3) is 0.250. The first kappa shape index (κ1) is 11.3. The molecule has 0 bridgehead atoms. The lowest BCUT2D eigenvalue weighted by molar-refractivity contribution is 0.374. The quantitative estimate of drug-likeness (QED) is 0.827. The molecule has 0 unspecified atom stereocenters. The standard InChI is InChI=1S/C12H15N3O2/c1-7-4-5-9(17-3)12(16)11(7)8-6-10(13)15(2)14-8/h4-6,16H,13H2,1-3H3. The lowest BCUT2D eigenvalue weighted by Gasteiger charge is -2.09. The number of nitrogens with two attached hydrogens (primary N) is 1. The highest BCUT2D eigenvalue weighted by Crippen LogP contribution is 2.39. The molecule has 0 aliphatic carbocycles. The summed E-state index contributed by atoms with van der Waals surface area (Å²) in [5, 5.41) is 14.4. The maximum Gasteiger partial charge on any atom is 0.167 e. The number of hydrogen-bond donors (Lipinski definition) is 2. The molecule has 0 atom stereocenters. The van der Waals surface area contributed by atoms with Crippen molar-refractivity contribution in [2.45, 2.75) is 6.92 Å². The molecule has 90 valence electrons. The number of phenolic OH excluding ortho intramolecular Hbond substituents is 1. The van der Waals surface area contributed by atoms with E-state index in [9.17, 15) is 5.11 Å². The summed E-state index contributed by atoms with van der Waals surface area (Å²) in [5.74, 6) is 1.06. The van der Waals surface area contributed by atoms with Crippen LogP contribution in [0.1, 0.15) is 5.56 Å². The molecule has 17 heavy (non-hydrogen) atoms. The highest BCUT2D eigenvalue weighted by atomic mass is 16.5. The number of aromatic hydroxyl groups is 1. The molecule has 0 spiro atoms. The van der Waals surface area contributed by atoms with E-state index in [1.807, 2.05) is 13.0 Å². The molecule has 5 nitrogen and oxygen atoms in total. The number of nitrogens with zero attached hydrogens (tertiary/aromatic N) is 2. The highest BCUT2D eigenvalue weighted by Gasteiger charge is 2.16. The molecule has 1 heterocycles. The van der Waals surface area contributed by atoms with Crippen molar-refractivity contribution >= 4 is 5.82 Å². The molecule has 0 amide bonds. The Morgan fingerprint density at radius 3 is 2.65 bits per heavy atom. The van der Waals surface area contributed by atoms with E-state index < -0.39 is 0 Å². The lowest BCUT2D eigenvalue weighted by atomic mass is 10.0. The van der Waals surface area contributed by atoms with Gasteiger partial charge < -0.3 is 15.6 Å². The Labute approximate surface area is 99.4 Å². The molecule has 2 rings (SSSR count). The van der Waals surface area contributed by atoms with Gasteiger partial charge in [-0.3, -0.25) is 4.68 Å². The number of hydrogen-bond acceptors (Lipinski definition) is 4. The van der Waals surface area contributed by atoms with Gasteiger partial charge in [0.2, 0.25) is 0 Å². The zero-order valence-electron chi connectivity index (χ0n) is 10.1. The molecule has 5 heteroatoms. The number of anilines is 1. The summed E-state index contributed by atoms with van der Waals surface area (Å²) >= 11 is 0. The van der Waals surface area contributed by atoms with E-state index in [1.165, 1.54) is 7.11 Å². The average Bonchev–Trinajstić information content (AvgIpc) is 2.59. The van der Waals surface area contributed by atoms with E-state index in [0.717, 1.165) is 5.56 Å². The molecule has 0 radical (unpaired) electrons. The third-order valence-corrected chi connectivity index (χ3v) is 2.74. The molecule has 0 fully saturated rings. The number of aromatic nitrogens is 2. The number of benzene rings is 1. The Balaban J connectivity index is 2.65. The van der Waals surface area contributed by atoms with Crippen LogP contribution < -0.4 is 10.5 Å². The smallest absolute Gasteiger partial charge is 0.167 e. The van der Waals surface area contributed by atoms with Gasteiger partial charge in [0, 0.05) is 13.1 Å². The molecule has 1 aromatic carbocycles. The topological polar surface area (TPSA) is 73.3 Å². The summed E-state index contributed by atoms with van der Waals surface area (Å²) in [6.45, 7) is 1.90. The van der Waals surface area contributed by atoms with Crippen molar-refractivity contribution in [3.05, 3.63) is 23.8 Å². The molecule has 0 aliphatic rings. The Bertz CT molecular complexity index is 542. The van der Waals surface area contributed by atoms with Crippen LogP contribution in [0.4, 0.5) is 5.82 Å². The van der Waals surface area contributed by atoms with Gasteiger partial charge in [-0.15, -0.1) is 0 Å². The van der Waals surface area contributed by atoms with Gasteiger partial charge in [-0.25, -0.2) is 0 Å². The van der Waals surface area contributed by atoms with Crippen molar-refractivity contribution < 1.29 is 9.84 Å². The second kappa shape index (κ2) is 4.01. The summed E-state index contributed by atoms with van der Waals surface area (Å²) in [6, 6.07) is 5.32. The third kappa shape index (κ3) is 1.80. The molecular weight excluding hydrogens is 218 g/mol. The van der Waals surface area contributed by atoms with Crippen LogP contribution in [0.3, 0.4) is 0 Å². The van der Waals surface area contributed by atoms with Crippen LogP contribution in [0.2, 0.25) is 0 Å². The maximum absolute atomic E-state index is 10.1. The lowest BCUT2D eigenvalue weighted by Crippen LogP contribution is -1.96. The summed E-state index contributed by atoms with van der Waals surface area (Å²) in [4.78, 5) is 0. The number of methoxy groups -OCH3 is 1. The predicted molar refractivity (Wildman–Crippen MR) is 66.0 cm³/mol. The Morgan fingerprint density at radius 2 is 2.12 bits per heavy atom. The van der Waals surface area contributed by atoms with Crippen LogP contribution in [0.15, 0.2) is 18.2 Å². The van der Waals surface area contributed by atoms with Crippen LogP contribution in [0.5, 0.6) is 11.5 Å². The van der Waals surface area contributed by atoms with E-state index in [4.69, 9.17) is 10.5 Å². The molecule has 2 aromatic rings. The van der Waals surface area contributed by atoms with E-state index in [-0.39, 0.29) is 5.75 Å². The Hall–Kier alpha value is -2.17. The van der Waals surface area contributed by atoms with Crippen LogP contribution in [0, 0.1) is 6.92 Å². The Morgan fingerprint density at radius 1 is 1.41 bits per heavy atom. The van der Waals surface area contributed by atoms with E-state index >= 15 is 0 Å². The van der Waals surface area contributed by atoms with Gasteiger partial charge in [-0.05, 0) is 18.6 Å². The van der Waals surface area contributed by atoms with Crippen LogP contribution in [0.25, 0.3) is 11.3 Å². The number of phenols is 1. The largest absolute Gasteiger partial charge is 0.504 e. The second-order valence-electron chi connectivity index (χ2n) is 3.89. The number of ether oxygens (including phenoxy) is 1.